The van der Waals surface area contributed by atoms with Gasteiger partial charge in [-0.2, -0.15) is 0 Å². The Morgan fingerprint density at radius 2 is 1.42 bits per heavy atom. The largest absolute Gasteiger partial charge is 0.497 e. The summed E-state index contributed by atoms with van der Waals surface area (Å²) < 4.78 is 10.6. The van der Waals surface area contributed by atoms with Crippen LogP contribution in [-0.4, -0.2) is 38.8 Å². The van der Waals surface area contributed by atoms with Gasteiger partial charge in [0.05, 0.1) is 14.2 Å². The van der Waals surface area contributed by atoms with Crippen LogP contribution in [0.3, 0.4) is 0 Å². The lowest BCUT2D eigenvalue weighted by Gasteiger charge is -2.32. The molecule has 1 fully saturated rings. The molecule has 3 rings (SSSR count). The van der Waals surface area contributed by atoms with Crippen LogP contribution in [0.1, 0.15) is 30.4 Å². The third kappa shape index (κ3) is 5.50. The van der Waals surface area contributed by atoms with Gasteiger partial charge in [-0.25, -0.2) is 0 Å². The minimum atomic E-state index is 0.856. The highest BCUT2D eigenvalue weighted by Crippen LogP contribution is 2.24. The Bertz CT molecular complexity index is 618. The normalized spacial score (nSPS) is 15.8. The van der Waals surface area contributed by atoms with E-state index in [-0.39, 0.29) is 0 Å². The minimum Gasteiger partial charge on any atom is -0.497 e. The molecule has 1 heterocycles. The molecule has 3 heteroatoms. The van der Waals surface area contributed by atoms with E-state index in [1.807, 2.05) is 12.1 Å². The van der Waals surface area contributed by atoms with Crippen LogP contribution in [0.2, 0.25) is 0 Å². The van der Waals surface area contributed by atoms with Crippen LogP contribution >= 0.6 is 0 Å². The smallest absolute Gasteiger partial charge is 0.119 e. The zero-order valence-corrected chi connectivity index (χ0v) is 16.1. The highest BCUT2D eigenvalue weighted by molar-refractivity contribution is 5.29. The van der Waals surface area contributed by atoms with Crippen LogP contribution < -0.4 is 9.47 Å². The molecule has 0 saturated carbocycles. The molecule has 1 aliphatic heterocycles. The molecule has 0 N–H and O–H groups in total. The van der Waals surface area contributed by atoms with Crippen LogP contribution in [-0.2, 0) is 12.8 Å². The average Bonchev–Trinajstić information content (AvgIpc) is 2.72. The lowest BCUT2D eigenvalue weighted by molar-refractivity contribution is 0.181. The number of aryl methyl sites for hydroxylation is 1. The predicted octanol–water partition coefficient (Wildman–Crippen LogP) is 4.59. The van der Waals surface area contributed by atoms with Gasteiger partial charge in [-0.1, -0.05) is 24.3 Å². The molecular formula is C23H31NO2. The van der Waals surface area contributed by atoms with Crippen molar-refractivity contribution in [2.24, 2.45) is 5.92 Å². The molecule has 3 nitrogen and oxygen atoms in total. The number of methoxy groups -OCH3 is 2. The van der Waals surface area contributed by atoms with Gasteiger partial charge in [-0.05, 0) is 86.5 Å². The Labute approximate surface area is 157 Å². The maximum atomic E-state index is 5.32. The fourth-order valence-electron chi connectivity index (χ4n) is 3.81. The SMILES string of the molecule is COc1cccc(CCC2CCN(CCc3cccc(OC)c3)CC2)c1. The highest BCUT2D eigenvalue weighted by Gasteiger charge is 2.18. The number of hydrogen-bond acceptors (Lipinski definition) is 3. The van der Waals surface area contributed by atoms with Gasteiger partial charge in [0, 0.05) is 6.54 Å². The molecule has 1 saturated heterocycles. The van der Waals surface area contributed by atoms with E-state index < -0.39 is 0 Å². The zero-order chi connectivity index (χ0) is 18.2. The Balaban J connectivity index is 1.38. The molecule has 26 heavy (non-hydrogen) atoms. The molecule has 0 aromatic heterocycles. The van der Waals surface area contributed by atoms with Gasteiger partial charge >= 0.3 is 0 Å². The number of piperidine rings is 1. The summed E-state index contributed by atoms with van der Waals surface area (Å²) in [5.74, 6) is 2.78. The lowest BCUT2D eigenvalue weighted by atomic mass is 9.90. The number of benzene rings is 2. The monoisotopic (exact) mass is 353 g/mol. The molecule has 0 unspecified atom stereocenters. The molecule has 140 valence electrons. The average molecular weight is 354 g/mol. The van der Waals surface area contributed by atoms with Crippen molar-refractivity contribution in [1.82, 2.24) is 4.90 Å². The van der Waals surface area contributed by atoms with Crippen molar-refractivity contribution >= 4 is 0 Å². The molecule has 0 atom stereocenters. The first kappa shape index (κ1) is 18.8. The van der Waals surface area contributed by atoms with Crippen molar-refractivity contribution in [2.45, 2.75) is 32.1 Å². The van der Waals surface area contributed by atoms with Gasteiger partial charge in [-0.3, -0.25) is 0 Å². The quantitative estimate of drug-likeness (QED) is 0.693. The van der Waals surface area contributed by atoms with E-state index >= 15 is 0 Å². The molecule has 0 aliphatic carbocycles. The van der Waals surface area contributed by atoms with E-state index in [4.69, 9.17) is 9.47 Å². The molecule has 1 aliphatic rings. The molecule has 2 aromatic rings. The summed E-state index contributed by atoms with van der Waals surface area (Å²) in [6.07, 6.45) is 6.19. The number of hydrogen-bond donors (Lipinski definition) is 0. The zero-order valence-electron chi connectivity index (χ0n) is 16.1. The van der Waals surface area contributed by atoms with E-state index in [1.54, 1.807) is 14.2 Å². The first-order valence-electron chi connectivity index (χ1n) is 9.75. The van der Waals surface area contributed by atoms with Gasteiger partial charge in [0.25, 0.3) is 0 Å². The number of nitrogens with zero attached hydrogens (tertiary/aromatic N) is 1. The third-order valence-corrected chi connectivity index (χ3v) is 5.53. The highest BCUT2D eigenvalue weighted by atomic mass is 16.5. The topological polar surface area (TPSA) is 21.7 Å². The summed E-state index contributed by atoms with van der Waals surface area (Å²) in [6.45, 7) is 3.61. The van der Waals surface area contributed by atoms with E-state index in [1.165, 1.54) is 43.5 Å². The third-order valence-electron chi connectivity index (χ3n) is 5.53. The van der Waals surface area contributed by atoms with Crippen LogP contribution in [0, 0.1) is 5.92 Å². The summed E-state index contributed by atoms with van der Waals surface area (Å²) in [5.41, 5.74) is 2.76. The minimum absolute atomic E-state index is 0.856. The first-order chi connectivity index (χ1) is 12.8. The van der Waals surface area contributed by atoms with E-state index in [0.717, 1.165) is 36.8 Å². The van der Waals surface area contributed by atoms with Crippen LogP contribution in [0.25, 0.3) is 0 Å². The number of rotatable bonds is 8. The first-order valence-corrected chi connectivity index (χ1v) is 9.75. The van der Waals surface area contributed by atoms with Crippen molar-refractivity contribution < 1.29 is 9.47 Å². The number of likely N-dealkylation sites (tertiary alicyclic amines) is 1. The maximum Gasteiger partial charge on any atom is 0.119 e. The van der Waals surface area contributed by atoms with Crippen LogP contribution in [0.15, 0.2) is 48.5 Å². The molecule has 0 radical (unpaired) electrons. The van der Waals surface area contributed by atoms with Gasteiger partial charge in [0.2, 0.25) is 0 Å². The van der Waals surface area contributed by atoms with Gasteiger partial charge in [-0.15, -0.1) is 0 Å². The van der Waals surface area contributed by atoms with E-state index in [2.05, 4.69) is 41.3 Å². The van der Waals surface area contributed by atoms with E-state index in [0.29, 0.717) is 0 Å². The molecule has 0 amide bonds. The summed E-state index contributed by atoms with van der Waals surface area (Å²) in [5, 5.41) is 0. The standard InChI is InChI=1S/C23H31NO2/c1-25-22-7-3-5-20(17-22)10-9-19-11-14-24(15-12-19)16-13-21-6-4-8-23(18-21)26-2/h3-8,17-19H,9-16H2,1-2H3. The molecule has 2 aromatic carbocycles. The summed E-state index contributed by atoms with van der Waals surface area (Å²) in [7, 11) is 3.47. The Hall–Kier alpha value is -2.00. The lowest BCUT2D eigenvalue weighted by Crippen LogP contribution is -2.35. The summed E-state index contributed by atoms with van der Waals surface area (Å²) in [6, 6.07) is 16.9. The Kier molecular flexibility index (Phi) is 6.96. The van der Waals surface area contributed by atoms with Gasteiger partial charge < -0.3 is 14.4 Å². The second-order valence-electron chi connectivity index (χ2n) is 7.28. The van der Waals surface area contributed by atoms with Gasteiger partial charge in [0.15, 0.2) is 0 Å². The van der Waals surface area contributed by atoms with Crippen LogP contribution in [0.5, 0.6) is 11.5 Å². The second kappa shape index (κ2) is 9.63. The predicted molar refractivity (Wildman–Crippen MR) is 107 cm³/mol. The maximum absolute atomic E-state index is 5.32. The van der Waals surface area contributed by atoms with Crippen LogP contribution in [0.4, 0.5) is 0 Å². The Morgan fingerprint density at radius 3 is 2.00 bits per heavy atom. The van der Waals surface area contributed by atoms with Crippen molar-refractivity contribution in [2.75, 3.05) is 33.9 Å². The van der Waals surface area contributed by atoms with Gasteiger partial charge in [0.1, 0.15) is 11.5 Å². The summed E-state index contributed by atoms with van der Waals surface area (Å²) >= 11 is 0. The second-order valence-corrected chi connectivity index (χ2v) is 7.28. The van der Waals surface area contributed by atoms with Crippen molar-refractivity contribution in [1.29, 1.82) is 0 Å². The molecule has 0 spiro atoms. The summed E-state index contributed by atoms with van der Waals surface area (Å²) in [4.78, 5) is 2.61. The fraction of sp³-hybridized carbons (Fsp3) is 0.478. The fourth-order valence-corrected chi connectivity index (χ4v) is 3.81. The molecular weight excluding hydrogens is 322 g/mol. The van der Waals surface area contributed by atoms with Crippen molar-refractivity contribution in [3.05, 3.63) is 59.7 Å². The van der Waals surface area contributed by atoms with E-state index in [9.17, 15) is 0 Å². The van der Waals surface area contributed by atoms with Crippen molar-refractivity contribution in [3.63, 3.8) is 0 Å². The van der Waals surface area contributed by atoms with Crippen molar-refractivity contribution in [3.8, 4) is 11.5 Å². The molecule has 0 bridgehead atoms. The number of ether oxygens (including phenoxy) is 2. The Morgan fingerprint density at radius 1 is 0.846 bits per heavy atom.